The van der Waals surface area contributed by atoms with Gasteiger partial charge in [-0.3, -0.25) is 4.90 Å². The zero-order valence-corrected chi connectivity index (χ0v) is 12.7. The van der Waals surface area contributed by atoms with Crippen LogP contribution in [0.2, 0.25) is 0 Å². The van der Waals surface area contributed by atoms with E-state index in [0.717, 1.165) is 33.9 Å². The van der Waals surface area contributed by atoms with Crippen molar-refractivity contribution >= 4 is 37.7 Å². The second kappa shape index (κ2) is 4.86. The summed E-state index contributed by atoms with van der Waals surface area (Å²) in [6, 6.07) is 2.95. The zero-order chi connectivity index (χ0) is 11.8. The van der Waals surface area contributed by atoms with Crippen molar-refractivity contribution in [3.63, 3.8) is 0 Å². The van der Waals surface area contributed by atoms with Crippen LogP contribution in [0.3, 0.4) is 0 Å². The second-order valence-electron chi connectivity index (χ2n) is 4.71. The minimum atomic E-state index is 0.887. The molecule has 92 valence electrons. The van der Waals surface area contributed by atoms with Crippen LogP contribution in [-0.4, -0.2) is 42.1 Å². The molecule has 5 heteroatoms. The van der Waals surface area contributed by atoms with Crippen LogP contribution >= 0.6 is 31.9 Å². The van der Waals surface area contributed by atoms with E-state index in [9.17, 15) is 0 Å². The molecular weight excluding hydrogens is 346 g/mol. The molecule has 1 saturated carbocycles. The molecule has 3 nitrogen and oxygen atoms in total. The van der Waals surface area contributed by atoms with Crippen molar-refractivity contribution in [1.29, 1.82) is 0 Å². The molecule has 0 N–H and O–H groups in total. The van der Waals surface area contributed by atoms with E-state index in [2.05, 4.69) is 52.7 Å². The van der Waals surface area contributed by atoms with Gasteiger partial charge in [-0.05, 0) is 50.8 Å². The van der Waals surface area contributed by atoms with E-state index in [1.165, 1.54) is 25.9 Å². The Hall–Kier alpha value is -0.130. The summed E-state index contributed by atoms with van der Waals surface area (Å²) >= 11 is 7.03. The van der Waals surface area contributed by atoms with E-state index in [-0.39, 0.29) is 0 Å². The number of rotatable bonds is 2. The molecule has 1 aliphatic carbocycles. The number of anilines is 1. The average Bonchev–Trinajstić information content (AvgIpc) is 3.13. The summed E-state index contributed by atoms with van der Waals surface area (Å²) in [4.78, 5) is 9.49. The summed E-state index contributed by atoms with van der Waals surface area (Å²) in [5, 5.41) is 0. The first kappa shape index (κ1) is 11.9. The van der Waals surface area contributed by atoms with Crippen LogP contribution in [0.1, 0.15) is 12.8 Å². The Bertz CT molecular complexity index is 412. The average molecular weight is 361 g/mol. The molecule has 3 rings (SSSR count). The maximum absolute atomic E-state index is 4.50. The van der Waals surface area contributed by atoms with Crippen molar-refractivity contribution in [1.82, 2.24) is 9.88 Å². The molecule has 1 aromatic heterocycles. The van der Waals surface area contributed by atoms with Crippen LogP contribution in [-0.2, 0) is 0 Å². The van der Waals surface area contributed by atoms with Gasteiger partial charge in [-0.15, -0.1) is 0 Å². The Morgan fingerprint density at radius 1 is 1.12 bits per heavy atom. The molecule has 17 heavy (non-hydrogen) atoms. The zero-order valence-electron chi connectivity index (χ0n) is 9.57. The number of piperazine rings is 1. The summed E-state index contributed by atoms with van der Waals surface area (Å²) in [6.45, 7) is 4.52. The lowest BCUT2D eigenvalue weighted by Gasteiger charge is -2.35. The lowest BCUT2D eigenvalue weighted by molar-refractivity contribution is 0.247. The molecule has 2 heterocycles. The highest BCUT2D eigenvalue weighted by Crippen LogP contribution is 2.30. The minimum Gasteiger partial charge on any atom is -0.353 e. The molecule has 2 aliphatic rings. The number of nitrogens with zero attached hydrogens (tertiary/aromatic N) is 3. The van der Waals surface area contributed by atoms with E-state index in [0.29, 0.717) is 0 Å². The predicted octanol–water partition coefficient (Wildman–Crippen LogP) is 2.89. The summed E-state index contributed by atoms with van der Waals surface area (Å²) in [6.07, 6.45) is 4.67. The van der Waals surface area contributed by atoms with Crippen LogP contribution in [0, 0.1) is 0 Å². The van der Waals surface area contributed by atoms with E-state index in [1.54, 1.807) is 0 Å². The third kappa shape index (κ3) is 2.66. The number of hydrogen-bond donors (Lipinski definition) is 0. The second-order valence-corrected chi connectivity index (χ2v) is 6.48. The first-order valence-corrected chi connectivity index (χ1v) is 7.63. The molecule has 0 amide bonds. The Labute approximate surface area is 118 Å². The molecule has 1 aromatic rings. The Balaban J connectivity index is 1.68. The van der Waals surface area contributed by atoms with Gasteiger partial charge in [0.25, 0.3) is 0 Å². The van der Waals surface area contributed by atoms with Gasteiger partial charge in [-0.25, -0.2) is 4.98 Å². The molecule has 0 spiro atoms. The lowest BCUT2D eigenvalue weighted by Crippen LogP contribution is -2.47. The highest BCUT2D eigenvalue weighted by Gasteiger charge is 2.31. The monoisotopic (exact) mass is 359 g/mol. The van der Waals surface area contributed by atoms with Crippen molar-refractivity contribution < 1.29 is 0 Å². The van der Waals surface area contributed by atoms with Crippen LogP contribution in [0.15, 0.2) is 21.2 Å². The fourth-order valence-corrected chi connectivity index (χ4v) is 3.62. The third-order valence-corrected chi connectivity index (χ3v) is 4.48. The predicted molar refractivity (Wildman–Crippen MR) is 76.4 cm³/mol. The van der Waals surface area contributed by atoms with E-state index >= 15 is 0 Å². The molecule has 0 aromatic carbocycles. The van der Waals surface area contributed by atoms with Crippen LogP contribution < -0.4 is 4.90 Å². The number of hydrogen-bond acceptors (Lipinski definition) is 3. The SMILES string of the molecule is Brc1cnc(N2CCN(C3CC3)CC2)c(Br)c1. The van der Waals surface area contributed by atoms with Crippen molar-refractivity contribution in [3.05, 3.63) is 21.2 Å². The Morgan fingerprint density at radius 2 is 1.82 bits per heavy atom. The van der Waals surface area contributed by atoms with Crippen molar-refractivity contribution in [3.8, 4) is 0 Å². The topological polar surface area (TPSA) is 19.4 Å². The fraction of sp³-hybridized carbons (Fsp3) is 0.583. The van der Waals surface area contributed by atoms with Gasteiger partial charge in [0, 0.05) is 42.9 Å². The molecule has 0 atom stereocenters. The third-order valence-electron chi connectivity index (χ3n) is 3.47. The quantitative estimate of drug-likeness (QED) is 0.808. The molecule has 1 aliphatic heterocycles. The fourth-order valence-electron chi connectivity index (χ4n) is 2.38. The number of aromatic nitrogens is 1. The largest absolute Gasteiger partial charge is 0.353 e. The summed E-state index contributed by atoms with van der Waals surface area (Å²) in [7, 11) is 0. The summed E-state index contributed by atoms with van der Waals surface area (Å²) in [5.41, 5.74) is 0. The summed E-state index contributed by atoms with van der Waals surface area (Å²) in [5.74, 6) is 1.07. The molecule has 0 bridgehead atoms. The van der Waals surface area contributed by atoms with Gasteiger partial charge in [-0.1, -0.05) is 0 Å². The lowest BCUT2D eigenvalue weighted by atomic mass is 10.3. The van der Waals surface area contributed by atoms with Gasteiger partial charge >= 0.3 is 0 Å². The van der Waals surface area contributed by atoms with Gasteiger partial charge in [0.15, 0.2) is 0 Å². The first-order chi connectivity index (χ1) is 8.24. The van der Waals surface area contributed by atoms with E-state index in [4.69, 9.17) is 0 Å². The van der Waals surface area contributed by atoms with Gasteiger partial charge in [-0.2, -0.15) is 0 Å². The van der Waals surface area contributed by atoms with Crippen LogP contribution in [0.5, 0.6) is 0 Å². The van der Waals surface area contributed by atoms with E-state index < -0.39 is 0 Å². The minimum absolute atomic E-state index is 0.887. The highest BCUT2D eigenvalue weighted by atomic mass is 79.9. The molecular formula is C12H15Br2N3. The van der Waals surface area contributed by atoms with Crippen molar-refractivity contribution in [2.75, 3.05) is 31.1 Å². The number of pyridine rings is 1. The number of halogens is 2. The maximum atomic E-state index is 4.50. The van der Waals surface area contributed by atoms with Crippen molar-refractivity contribution in [2.45, 2.75) is 18.9 Å². The van der Waals surface area contributed by atoms with Gasteiger partial charge < -0.3 is 4.90 Å². The van der Waals surface area contributed by atoms with Gasteiger partial charge in [0.1, 0.15) is 5.82 Å². The highest BCUT2D eigenvalue weighted by molar-refractivity contribution is 9.11. The first-order valence-electron chi connectivity index (χ1n) is 6.04. The van der Waals surface area contributed by atoms with Gasteiger partial charge in [0.05, 0.1) is 4.47 Å². The normalized spacial score (nSPS) is 21.9. The Morgan fingerprint density at radius 3 is 2.41 bits per heavy atom. The van der Waals surface area contributed by atoms with Gasteiger partial charge in [0.2, 0.25) is 0 Å². The van der Waals surface area contributed by atoms with Crippen LogP contribution in [0.25, 0.3) is 0 Å². The smallest absolute Gasteiger partial charge is 0.143 e. The van der Waals surface area contributed by atoms with Crippen LogP contribution in [0.4, 0.5) is 5.82 Å². The molecule has 2 fully saturated rings. The maximum Gasteiger partial charge on any atom is 0.143 e. The Kier molecular flexibility index (Phi) is 3.41. The standard InChI is InChI=1S/C12H15Br2N3/c13-9-7-11(14)12(15-8-9)17-5-3-16(4-6-17)10-1-2-10/h7-8,10H,1-6H2. The van der Waals surface area contributed by atoms with Crippen molar-refractivity contribution in [2.24, 2.45) is 0 Å². The molecule has 0 radical (unpaired) electrons. The molecule has 1 saturated heterocycles. The summed E-state index contributed by atoms with van der Waals surface area (Å²) < 4.78 is 2.09. The van der Waals surface area contributed by atoms with E-state index in [1.807, 2.05) is 6.20 Å². The molecule has 0 unspecified atom stereocenters.